The van der Waals surface area contributed by atoms with Crippen LogP contribution >= 0.6 is 0 Å². The third-order valence-electron chi connectivity index (χ3n) is 4.36. The van der Waals surface area contributed by atoms with Crippen molar-refractivity contribution < 1.29 is 13.2 Å². The molecule has 1 aromatic heterocycles. The van der Waals surface area contributed by atoms with Crippen molar-refractivity contribution in [3.8, 4) is 5.88 Å². The van der Waals surface area contributed by atoms with Crippen LogP contribution in [0.3, 0.4) is 0 Å². The second kappa shape index (κ2) is 10.8. The molecule has 0 spiro atoms. The number of unbranched alkanes of at least 4 members (excludes halogenated alkanes) is 1. The normalized spacial score (nSPS) is 11.9. The zero-order valence-corrected chi connectivity index (χ0v) is 18.3. The van der Waals surface area contributed by atoms with E-state index in [1.54, 1.807) is 26.2 Å². The first-order chi connectivity index (χ1) is 13.8. The zero-order chi connectivity index (χ0) is 21.3. The van der Waals surface area contributed by atoms with E-state index in [9.17, 15) is 8.42 Å². The molecule has 0 aliphatic carbocycles. The Morgan fingerprint density at radius 1 is 1.21 bits per heavy atom. The smallest absolute Gasteiger partial charge is 0.218 e. The highest BCUT2D eigenvalue weighted by atomic mass is 32.2. The summed E-state index contributed by atoms with van der Waals surface area (Å²) in [4.78, 5) is 8.91. The average molecular weight is 419 g/mol. The Balaban J connectivity index is 1.95. The molecule has 0 saturated carbocycles. The quantitative estimate of drug-likeness (QED) is 0.370. The number of hydrogen-bond donors (Lipinski definition) is 2. The molecule has 7 nitrogen and oxygen atoms in total. The molecule has 29 heavy (non-hydrogen) atoms. The number of nitrogens with one attached hydrogen (secondary N) is 2. The van der Waals surface area contributed by atoms with Crippen LogP contribution in [0.25, 0.3) is 0 Å². The van der Waals surface area contributed by atoms with Gasteiger partial charge in [0.2, 0.25) is 5.88 Å². The maximum atomic E-state index is 11.7. The lowest BCUT2D eigenvalue weighted by atomic mass is 10.1. The fourth-order valence-electron chi connectivity index (χ4n) is 2.82. The van der Waals surface area contributed by atoms with Gasteiger partial charge in [0, 0.05) is 38.2 Å². The summed E-state index contributed by atoms with van der Waals surface area (Å²) in [6, 6.07) is 9.18. The van der Waals surface area contributed by atoms with Crippen LogP contribution in [0.5, 0.6) is 5.88 Å². The van der Waals surface area contributed by atoms with Crippen molar-refractivity contribution in [1.82, 2.24) is 15.6 Å². The van der Waals surface area contributed by atoms with E-state index in [4.69, 9.17) is 4.74 Å². The number of rotatable bonds is 9. The van der Waals surface area contributed by atoms with Crippen LogP contribution in [0.15, 0.2) is 46.4 Å². The lowest BCUT2D eigenvalue weighted by molar-refractivity contribution is 0.294. The summed E-state index contributed by atoms with van der Waals surface area (Å²) in [5.41, 5.74) is 2.67. The summed E-state index contributed by atoms with van der Waals surface area (Å²) in [7, 11) is -1.51. The molecule has 158 valence electrons. The fraction of sp³-hybridized carbons (Fsp3) is 0.429. The van der Waals surface area contributed by atoms with Gasteiger partial charge in [0.15, 0.2) is 15.8 Å². The maximum Gasteiger partial charge on any atom is 0.218 e. The first-order valence-corrected chi connectivity index (χ1v) is 11.5. The molecule has 8 heteroatoms. The summed E-state index contributed by atoms with van der Waals surface area (Å²) in [6.45, 7) is 5.63. The molecule has 2 N–H and O–H groups in total. The maximum absolute atomic E-state index is 11.7. The van der Waals surface area contributed by atoms with Gasteiger partial charge in [-0.3, -0.25) is 4.99 Å². The van der Waals surface area contributed by atoms with Crippen molar-refractivity contribution in [2.24, 2.45) is 4.99 Å². The van der Waals surface area contributed by atoms with Crippen LogP contribution in [-0.4, -0.2) is 39.3 Å². The summed E-state index contributed by atoms with van der Waals surface area (Å²) >= 11 is 0. The number of aryl methyl sites for hydroxylation is 1. The molecule has 0 radical (unpaired) electrons. The van der Waals surface area contributed by atoms with Crippen molar-refractivity contribution in [3.05, 3.63) is 53.2 Å². The Hall–Kier alpha value is -2.61. The van der Waals surface area contributed by atoms with E-state index in [2.05, 4.69) is 27.5 Å². The van der Waals surface area contributed by atoms with Gasteiger partial charge in [-0.15, -0.1) is 0 Å². The van der Waals surface area contributed by atoms with E-state index in [1.807, 2.05) is 24.3 Å². The molecule has 0 fully saturated rings. The van der Waals surface area contributed by atoms with Crippen molar-refractivity contribution >= 4 is 15.8 Å². The Morgan fingerprint density at radius 2 is 1.97 bits per heavy atom. The predicted octanol–water partition coefficient (Wildman–Crippen LogP) is 2.84. The minimum absolute atomic E-state index is 0.357. The second-order valence-electron chi connectivity index (χ2n) is 6.82. The molecule has 0 aliphatic heterocycles. The Kier molecular flexibility index (Phi) is 8.45. The van der Waals surface area contributed by atoms with E-state index < -0.39 is 9.84 Å². The van der Waals surface area contributed by atoms with Crippen LogP contribution in [0.1, 0.15) is 36.5 Å². The number of hydrogen-bond acceptors (Lipinski definition) is 5. The number of aliphatic imine (C=N–C) groups is 1. The fourth-order valence-corrected chi connectivity index (χ4v) is 3.78. The summed E-state index contributed by atoms with van der Waals surface area (Å²) in [5.74, 6) is 1.27. The molecule has 0 aliphatic rings. The van der Waals surface area contributed by atoms with Crippen LogP contribution in [-0.2, 0) is 22.9 Å². The molecule has 0 saturated heterocycles. The highest BCUT2D eigenvalue weighted by Gasteiger charge is 2.11. The third kappa shape index (κ3) is 7.05. The molecule has 2 rings (SSSR count). The molecular weight excluding hydrogens is 388 g/mol. The summed E-state index contributed by atoms with van der Waals surface area (Å²) in [5, 5.41) is 6.50. The molecular formula is C21H30N4O3S. The van der Waals surface area contributed by atoms with Gasteiger partial charge in [0.25, 0.3) is 0 Å². The van der Waals surface area contributed by atoms with E-state index >= 15 is 0 Å². The average Bonchev–Trinajstić information content (AvgIpc) is 2.68. The lowest BCUT2D eigenvalue weighted by Gasteiger charge is -2.14. The van der Waals surface area contributed by atoms with E-state index in [0.29, 0.717) is 36.4 Å². The second-order valence-corrected chi connectivity index (χ2v) is 8.81. The van der Waals surface area contributed by atoms with Crippen molar-refractivity contribution in [1.29, 1.82) is 0 Å². The van der Waals surface area contributed by atoms with Gasteiger partial charge in [0.1, 0.15) is 0 Å². The van der Waals surface area contributed by atoms with E-state index in [-0.39, 0.29) is 0 Å². The SMILES string of the molecule is CCCCOc1ncccc1CNC(=NC)NCc1ccc(S(C)(=O)=O)c(C)c1. The topological polar surface area (TPSA) is 92.7 Å². The van der Waals surface area contributed by atoms with Crippen LogP contribution in [0.2, 0.25) is 0 Å². The lowest BCUT2D eigenvalue weighted by Crippen LogP contribution is -2.36. The van der Waals surface area contributed by atoms with Gasteiger partial charge in [-0.2, -0.15) is 0 Å². The molecule has 0 unspecified atom stereocenters. The minimum Gasteiger partial charge on any atom is -0.477 e. The largest absolute Gasteiger partial charge is 0.477 e. The standard InChI is InChI=1S/C21H30N4O3S/c1-5-6-12-28-20-18(8-7-11-23-20)15-25-21(22-3)24-14-17-9-10-19(16(2)13-17)29(4,26)27/h7-11,13H,5-6,12,14-15H2,1-4H3,(H2,22,24,25). The number of guanidine groups is 1. The Labute approximate surface area is 173 Å². The van der Waals surface area contributed by atoms with Gasteiger partial charge in [0.05, 0.1) is 11.5 Å². The Bertz CT molecular complexity index is 943. The number of ether oxygens (including phenoxy) is 1. The zero-order valence-electron chi connectivity index (χ0n) is 17.5. The van der Waals surface area contributed by atoms with Gasteiger partial charge in [-0.1, -0.05) is 31.5 Å². The Morgan fingerprint density at radius 3 is 2.62 bits per heavy atom. The van der Waals surface area contributed by atoms with Gasteiger partial charge in [-0.05, 0) is 36.6 Å². The molecule has 0 amide bonds. The van der Waals surface area contributed by atoms with Gasteiger partial charge in [-0.25, -0.2) is 13.4 Å². The number of benzene rings is 1. The predicted molar refractivity (Wildman–Crippen MR) is 116 cm³/mol. The highest BCUT2D eigenvalue weighted by molar-refractivity contribution is 7.90. The van der Waals surface area contributed by atoms with Crippen molar-refractivity contribution in [2.45, 2.75) is 44.7 Å². The van der Waals surface area contributed by atoms with Crippen LogP contribution in [0, 0.1) is 6.92 Å². The molecule has 1 heterocycles. The van der Waals surface area contributed by atoms with Crippen molar-refractivity contribution in [2.75, 3.05) is 19.9 Å². The number of sulfone groups is 1. The molecule has 0 atom stereocenters. The highest BCUT2D eigenvalue weighted by Crippen LogP contribution is 2.17. The monoisotopic (exact) mass is 418 g/mol. The van der Waals surface area contributed by atoms with E-state index in [0.717, 1.165) is 29.5 Å². The van der Waals surface area contributed by atoms with Crippen LogP contribution < -0.4 is 15.4 Å². The molecule has 0 bridgehead atoms. The number of nitrogens with zero attached hydrogens (tertiary/aromatic N) is 2. The number of pyridine rings is 1. The van der Waals surface area contributed by atoms with Gasteiger partial charge >= 0.3 is 0 Å². The molecule has 2 aromatic rings. The van der Waals surface area contributed by atoms with Gasteiger partial charge < -0.3 is 15.4 Å². The minimum atomic E-state index is -3.21. The van der Waals surface area contributed by atoms with Crippen molar-refractivity contribution in [3.63, 3.8) is 0 Å². The molecule has 1 aromatic carbocycles. The summed E-state index contributed by atoms with van der Waals surface area (Å²) in [6.07, 6.45) is 5.00. The van der Waals surface area contributed by atoms with E-state index in [1.165, 1.54) is 6.26 Å². The third-order valence-corrected chi connectivity index (χ3v) is 5.61. The van der Waals surface area contributed by atoms with Crippen LogP contribution in [0.4, 0.5) is 0 Å². The summed E-state index contributed by atoms with van der Waals surface area (Å²) < 4.78 is 29.3. The first-order valence-electron chi connectivity index (χ1n) is 9.66. The number of aromatic nitrogens is 1. The first kappa shape index (κ1) is 22.7.